The molecule has 0 unspecified atom stereocenters. The minimum atomic E-state index is -4.56. The van der Waals surface area contributed by atoms with Crippen LogP contribution in [0.4, 0.5) is 13.2 Å². The molecule has 0 bridgehead atoms. The molecular weight excluding hydrogens is 233 g/mol. The standard InChI is InChI=1S/C10H5F3N4/c11-10(12,13)9-16-15-8-7-4-2-1-3-6(7)5-14-17(8)9/h1-5H. The van der Waals surface area contributed by atoms with Gasteiger partial charge in [-0.15, -0.1) is 10.2 Å². The van der Waals surface area contributed by atoms with Crippen molar-refractivity contribution >= 4 is 16.4 Å². The monoisotopic (exact) mass is 238 g/mol. The number of rotatable bonds is 0. The fourth-order valence-electron chi connectivity index (χ4n) is 1.67. The maximum absolute atomic E-state index is 12.6. The van der Waals surface area contributed by atoms with Gasteiger partial charge in [0.2, 0.25) is 0 Å². The number of benzene rings is 1. The molecule has 0 aliphatic heterocycles. The van der Waals surface area contributed by atoms with Crippen LogP contribution < -0.4 is 0 Å². The molecule has 0 N–H and O–H groups in total. The second-order valence-electron chi connectivity index (χ2n) is 3.49. The number of fused-ring (bicyclic) bond motifs is 3. The van der Waals surface area contributed by atoms with Gasteiger partial charge in [0, 0.05) is 10.8 Å². The van der Waals surface area contributed by atoms with E-state index in [4.69, 9.17) is 0 Å². The quantitative estimate of drug-likeness (QED) is 0.603. The van der Waals surface area contributed by atoms with Gasteiger partial charge < -0.3 is 0 Å². The number of halogens is 3. The molecule has 3 aromatic rings. The van der Waals surface area contributed by atoms with Crippen molar-refractivity contribution < 1.29 is 13.2 Å². The van der Waals surface area contributed by atoms with Crippen LogP contribution in [0.15, 0.2) is 30.5 Å². The lowest BCUT2D eigenvalue weighted by atomic mass is 10.2. The van der Waals surface area contributed by atoms with Gasteiger partial charge in [0.1, 0.15) is 0 Å². The van der Waals surface area contributed by atoms with E-state index in [0.29, 0.717) is 9.90 Å². The minimum absolute atomic E-state index is 0.107. The SMILES string of the molecule is FC(F)(F)c1nnc2c3ccccc3cnn12. The summed E-state index contributed by atoms with van der Waals surface area (Å²) in [4.78, 5) is 0. The number of hydrogen-bond acceptors (Lipinski definition) is 3. The largest absolute Gasteiger partial charge is 0.453 e. The smallest absolute Gasteiger partial charge is 0.188 e. The Kier molecular flexibility index (Phi) is 1.86. The van der Waals surface area contributed by atoms with E-state index >= 15 is 0 Å². The van der Waals surface area contributed by atoms with Gasteiger partial charge >= 0.3 is 6.18 Å². The maximum Gasteiger partial charge on any atom is 0.453 e. The van der Waals surface area contributed by atoms with Crippen molar-refractivity contribution in [3.05, 3.63) is 36.3 Å². The van der Waals surface area contributed by atoms with Crippen LogP contribution in [-0.4, -0.2) is 19.8 Å². The normalized spacial score (nSPS) is 12.4. The van der Waals surface area contributed by atoms with E-state index in [1.807, 2.05) is 0 Å². The number of aromatic nitrogens is 4. The topological polar surface area (TPSA) is 43.1 Å². The minimum Gasteiger partial charge on any atom is -0.188 e. The predicted molar refractivity (Wildman–Crippen MR) is 53.3 cm³/mol. The molecule has 0 atom stereocenters. The Morgan fingerprint density at radius 1 is 1.06 bits per heavy atom. The van der Waals surface area contributed by atoms with Crippen LogP contribution in [0.3, 0.4) is 0 Å². The van der Waals surface area contributed by atoms with Crippen LogP contribution in [0.5, 0.6) is 0 Å². The van der Waals surface area contributed by atoms with Gasteiger partial charge in [-0.05, 0) is 0 Å². The highest BCUT2D eigenvalue weighted by Gasteiger charge is 2.37. The zero-order chi connectivity index (χ0) is 12.0. The van der Waals surface area contributed by atoms with Crippen molar-refractivity contribution in [2.45, 2.75) is 6.18 Å². The van der Waals surface area contributed by atoms with Crippen LogP contribution in [0, 0.1) is 0 Å². The molecule has 0 saturated carbocycles. The van der Waals surface area contributed by atoms with Crippen molar-refractivity contribution in [3.8, 4) is 0 Å². The highest BCUT2D eigenvalue weighted by Crippen LogP contribution is 2.28. The molecule has 0 spiro atoms. The molecule has 0 saturated heterocycles. The lowest BCUT2D eigenvalue weighted by Gasteiger charge is -2.03. The van der Waals surface area contributed by atoms with Gasteiger partial charge in [-0.25, -0.2) is 0 Å². The Balaban J connectivity index is 2.43. The Bertz CT molecular complexity index is 701. The van der Waals surface area contributed by atoms with E-state index in [2.05, 4.69) is 15.3 Å². The molecule has 0 radical (unpaired) electrons. The van der Waals surface area contributed by atoms with Gasteiger partial charge in [-0.3, -0.25) is 0 Å². The van der Waals surface area contributed by atoms with Gasteiger partial charge in [-0.1, -0.05) is 24.3 Å². The van der Waals surface area contributed by atoms with Gasteiger partial charge in [0.15, 0.2) is 5.65 Å². The first-order valence-electron chi connectivity index (χ1n) is 4.74. The second kappa shape index (κ2) is 3.16. The lowest BCUT2D eigenvalue weighted by molar-refractivity contribution is -0.146. The Morgan fingerprint density at radius 2 is 1.82 bits per heavy atom. The van der Waals surface area contributed by atoms with Crippen LogP contribution in [0.1, 0.15) is 5.82 Å². The van der Waals surface area contributed by atoms with E-state index in [0.717, 1.165) is 5.39 Å². The molecule has 0 amide bonds. The number of hydrogen-bond donors (Lipinski definition) is 0. The molecule has 1 aromatic carbocycles. The molecule has 0 aliphatic rings. The summed E-state index contributed by atoms with van der Waals surface area (Å²) in [5.41, 5.74) is 0.107. The summed E-state index contributed by atoms with van der Waals surface area (Å²) in [5, 5.41) is 11.7. The first-order valence-corrected chi connectivity index (χ1v) is 4.74. The third kappa shape index (κ3) is 1.42. The highest BCUT2D eigenvalue weighted by molar-refractivity contribution is 5.92. The second-order valence-corrected chi connectivity index (χ2v) is 3.49. The van der Waals surface area contributed by atoms with Crippen molar-refractivity contribution in [3.63, 3.8) is 0 Å². The lowest BCUT2D eigenvalue weighted by Crippen LogP contribution is -2.12. The van der Waals surface area contributed by atoms with Crippen LogP contribution in [-0.2, 0) is 6.18 Å². The molecule has 2 aromatic heterocycles. The van der Waals surface area contributed by atoms with Crippen LogP contribution in [0.25, 0.3) is 16.4 Å². The van der Waals surface area contributed by atoms with E-state index in [9.17, 15) is 13.2 Å². The molecule has 17 heavy (non-hydrogen) atoms. The summed E-state index contributed by atoms with van der Waals surface area (Å²) < 4.78 is 38.5. The highest BCUT2D eigenvalue weighted by atomic mass is 19.4. The van der Waals surface area contributed by atoms with Crippen LogP contribution in [0.2, 0.25) is 0 Å². The molecule has 0 fully saturated rings. The number of nitrogens with zero attached hydrogens (tertiary/aromatic N) is 4. The fourth-order valence-corrected chi connectivity index (χ4v) is 1.67. The first kappa shape index (κ1) is 10.0. The van der Waals surface area contributed by atoms with Crippen molar-refractivity contribution in [2.75, 3.05) is 0 Å². The zero-order valence-electron chi connectivity index (χ0n) is 8.31. The van der Waals surface area contributed by atoms with E-state index in [1.165, 1.54) is 6.20 Å². The molecular formula is C10H5F3N4. The Morgan fingerprint density at radius 3 is 2.59 bits per heavy atom. The summed E-state index contributed by atoms with van der Waals surface area (Å²) >= 11 is 0. The molecule has 7 heteroatoms. The van der Waals surface area contributed by atoms with Crippen molar-refractivity contribution in [1.82, 2.24) is 19.8 Å². The van der Waals surface area contributed by atoms with E-state index in [-0.39, 0.29) is 5.65 Å². The summed E-state index contributed by atoms with van der Waals surface area (Å²) in [6.07, 6.45) is -3.20. The van der Waals surface area contributed by atoms with Gasteiger partial charge in [-0.2, -0.15) is 22.8 Å². The summed E-state index contributed by atoms with van der Waals surface area (Å²) in [5.74, 6) is -1.11. The molecule has 86 valence electrons. The molecule has 3 rings (SSSR count). The van der Waals surface area contributed by atoms with E-state index in [1.54, 1.807) is 24.3 Å². The van der Waals surface area contributed by atoms with Gasteiger partial charge in [0.05, 0.1) is 6.20 Å². The first-order chi connectivity index (χ1) is 8.07. The third-order valence-electron chi connectivity index (χ3n) is 2.41. The fraction of sp³-hybridized carbons (Fsp3) is 0.100. The third-order valence-corrected chi connectivity index (χ3v) is 2.41. The molecule has 4 nitrogen and oxygen atoms in total. The number of alkyl halides is 3. The van der Waals surface area contributed by atoms with Crippen molar-refractivity contribution in [2.24, 2.45) is 0 Å². The maximum atomic E-state index is 12.6. The predicted octanol–water partition coefficient (Wildman–Crippen LogP) is 2.30. The summed E-state index contributed by atoms with van der Waals surface area (Å²) in [7, 11) is 0. The van der Waals surface area contributed by atoms with Gasteiger partial charge in [0.25, 0.3) is 5.82 Å². The Labute approximate surface area is 92.7 Å². The average molecular weight is 238 g/mol. The van der Waals surface area contributed by atoms with Crippen molar-refractivity contribution in [1.29, 1.82) is 0 Å². The molecule has 0 aliphatic carbocycles. The van der Waals surface area contributed by atoms with Crippen LogP contribution >= 0.6 is 0 Å². The zero-order valence-corrected chi connectivity index (χ0v) is 8.31. The summed E-state index contributed by atoms with van der Waals surface area (Å²) in [6, 6.07) is 6.94. The Hall–Kier alpha value is -2.18. The van der Waals surface area contributed by atoms with E-state index < -0.39 is 12.0 Å². The molecule has 2 heterocycles. The summed E-state index contributed by atoms with van der Waals surface area (Å²) in [6.45, 7) is 0. The average Bonchev–Trinajstić information content (AvgIpc) is 2.72.